The summed E-state index contributed by atoms with van der Waals surface area (Å²) in [6.07, 6.45) is 8.85. The highest BCUT2D eigenvalue weighted by Gasteiger charge is 2.42. The van der Waals surface area contributed by atoms with E-state index in [9.17, 15) is 9.59 Å². The molecule has 2 saturated carbocycles. The van der Waals surface area contributed by atoms with E-state index in [1.807, 2.05) is 24.3 Å². The van der Waals surface area contributed by atoms with Gasteiger partial charge in [-0.15, -0.1) is 0 Å². The van der Waals surface area contributed by atoms with Crippen LogP contribution in [0.15, 0.2) is 43.2 Å². The molecule has 2 aromatic rings. The molecule has 0 saturated heterocycles. The van der Waals surface area contributed by atoms with Gasteiger partial charge in [-0.1, -0.05) is 24.8 Å². The van der Waals surface area contributed by atoms with Crippen LogP contribution in [-0.2, 0) is 0 Å². The fourth-order valence-electron chi connectivity index (χ4n) is 4.54. The van der Waals surface area contributed by atoms with Gasteiger partial charge in [0.05, 0.1) is 11.8 Å². The van der Waals surface area contributed by atoms with Crippen LogP contribution >= 0.6 is 0 Å². The Labute approximate surface area is 158 Å². The second-order valence-corrected chi connectivity index (χ2v) is 7.62. The third-order valence-corrected chi connectivity index (χ3v) is 5.86. The summed E-state index contributed by atoms with van der Waals surface area (Å²) in [7, 11) is 0. The molecule has 0 radical (unpaired) electrons. The Bertz CT molecular complexity index is 814. The molecule has 2 aliphatic rings. The summed E-state index contributed by atoms with van der Waals surface area (Å²) in [5.74, 6) is 1.04. The molecule has 3 N–H and O–H groups in total. The zero-order valence-corrected chi connectivity index (χ0v) is 15.2. The number of aromatic nitrogens is 2. The van der Waals surface area contributed by atoms with E-state index in [-0.39, 0.29) is 23.9 Å². The van der Waals surface area contributed by atoms with Crippen molar-refractivity contribution in [2.24, 2.45) is 11.8 Å². The largest absolute Gasteiger partial charge is 0.349 e. The standard InChI is InChI=1S/C21H24N4O2/c1-2-13-3-5-14(6-4-13)20(26)24-18-7-15-9-19(10-16(15)8-18)25-21(27)17-11-22-23-12-17/h2-6,11-12,15-16,18-19H,1,7-10H2,(H,22,23)(H,24,26)(H,25,27)/t15-,16+,18?,19?. The fourth-order valence-corrected chi connectivity index (χ4v) is 4.54. The molecule has 0 aliphatic heterocycles. The molecule has 4 atom stereocenters. The Balaban J connectivity index is 1.27. The summed E-state index contributed by atoms with van der Waals surface area (Å²) >= 11 is 0. The van der Waals surface area contributed by atoms with Gasteiger partial charge in [0, 0.05) is 23.8 Å². The molecule has 1 aromatic carbocycles. The van der Waals surface area contributed by atoms with Gasteiger partial charge in [0.1, 0.15) is 0 Å². The molecule has 1 aromatic heterocycles. The van der Waals surface area contributed by atoms with Gasteiger partial charge in [-0.05, 0) is 55.2 Å². The van der Waals surface area contributed by atoms with Crippen molar-refractivity contribution in [2.75, 3.05) is 0 Å². The number of carbonyl (C=O) groups excluding carboxylic acids is 2. The molecule has 2 amide bonds. The van der Waals surface area contributed by atoms with Crippen molar-refractivity contribution in [1.82, 2.24) is 20.8 Å². The van der Waals surface area contributed by atoms with Crippen LogP contribution < -0.4 is 10.6 Å². The second-order valence-electron chi connectivity index (χ2n) is 7.62. The number of rotatable bonds is 5. The lowest BCUT2D eigenvalue weighted by Crippen LogP contribution is -2.36. The predicted octanol–water partition coefficient (Wildman–Crippen LogP) is 2.77. The van der Waals surface area contributed by atoms with Crippen LogP contribution in [0.2, 0.25) is 0 Å². The van der Waals surface area contributed by atoms with Crippen molar-refractivity contribution in [2.45, 2.75) is 37.8 Å². The number of nitrogens with one attached hydrogen (secondary N) is 3. The lowest BCUT2D eigenvalue weighted by molar-refractivity contribution is 0.0934. The van der Waals surface area contributed by atoms with Crippen molar-refractivity contribution in [3.8, 4) is 0 Å². The summed E-state index contributed by atoms with van der Waals surface area (Å²) < 4.78 is 0. The maximum absolute atomic E-state index is 12.5. The zero-order valence-electron chi connectivity index (χ0n) is 15.2. The molecular formula is C21H24N4O2. The Morgan fingerprint density at radius 3 is 2.00 bits per heavy atom. The molecule has 2 unspecified atom stereocenters. The first-order valence-electron chi connectivity index (χ1n) is 9.45. The molecule has 1 heterocycles. The first-order valence-corrected chi connectivity index (χ1v) is 9.45. The molecule has 6 heteroatoms. The van der Waals surface area contributed by atoms with Gasteiger partial charge in [-0.25, -0.2) is 0 Å². The number of fused-ring (bicyclic) bond motifs is 1. The first kappa shape index (κ1) is 17.5. The number of benzene rings is 1. The molecule has 140 valence electrons. The molecule has 6 nitrogen and oxygen atoms in total. The molecule has 27 heavy (non-hydrogen) atoms. The number of carbonyl (C=O) groups is 2. The molecule has 2 aliphatic carbocycles. The number of hydrogen-bond donors (Lipinski definition) is 3. The fraction of sp³-hybridized carbons (Fsp3) is 0.381. The van der Waals surface area contributed by atoms with Crippen molar-refractivity contribution in [1.29, 1.82) is 0 Å². The highest BCUT2D eigenvalue weighted by atomic mass is 16.2. The predicted molar refractivity (Wildman–Crippen MR) is 103 cm³/mol. The minimum absolute atomic E-state index is 0.0135. The monoisotopic (exact) mass is 364 g/mol. The van der Waals surface area contributed by atoms with Crippen LogP contribution in [0.25, 0.3) is 6.08 Å². The zero-order chi connectivity index (χ0) is 18.8. The van der Waals surface area contributed by atoms with Crippen LogP contribution in [0.5, 0.6) is 0 Å². The first-order chi connectivity index (χ1) is 13.1. The SMILES string of the molecule is C=Cc1ccc(C(=O)NC2C[C@@H]3CC(NC(=O)c4cn[nH]c4)C[C@@H]3C2)cc1. The third-order valence-electron chi connectivity index (χ3n) is 5.86. The lowest BCUT2D eigenvalue weighted by Gasteiger charge is -2.17. The van der Waals surface area contributed by atoms with Gasteiger partial charge in [0.15, 0.2) is 0 Å². The molecule has 2 fully saturated rings. The van der Waals surface area contributed by atoms with Crippen molar-refractivity contribution >= 4 is 17.9 Å². The summed E-state index contributed by atoms with van der Waals surface area (Å²) in [6.45, 7) is 3.73. The van der Waals surface area contributed by atoms with Gasteiger partial charge in [0.2, 0.25) is 0 Å². The van der Waals surface area contributed by atoms with Gasteiger partial charge in [-0.3, -0.25) is 14.7 Å². The minimum atomic E-state index is -0.0680. The number of aromatic amines is 1. The van der Waals surface area contributed by atoms with E-state index in [4.69, 9.17) is 0 Å². The maximum atomic E-state index is 12.5. The maximum Gasteiger partial charge on any atom is 0.254 e. The van der Waals surface area contributed by atoms with Crippen molar-refractivity contribution in [3.05, 3.63) is 59.9 Å². The Kier molecular flexibility index (Phi) is 4.79. The Morgan fingerprint density at radius 2 is 1.52 bits per heavy atom. The molecule has 0 spiro atoms. The van der Waals surface area contributed by atoms with Crippen molar-refractivity contribution in [3.63, 3.8) is 0 Å². The molecule has 0 bridgehead atoms. The smallest absolute Gasteiger partial charge is 0.254 e. The Morgan fingerprint density at radius 1 is 0.963 bits per heavy atom. The average Bonchev–Trinajstić information content (AvgIpc) is 3.38. The van der Waals surface area contributed by atoms with Crippen LogP contribution in [0, 0.1) is 11.8 Å². The highest BCUT2D eigenvalue weighted by Crippen LogP contribution is 2.44. The van der Waals surface area contributed by atoms with Gasteiger partial charge in [0.25, 0.3) is 11.8 Å². The van der Waals surface area contributed by atoms with Crippen LogP contribution in [0.1, 0.15) is 52.0 Å². The van der Waals surface area contributed by atoms with Gasteiger partial charge in [-0.2, -0.15) is 5.10 Å². The van der Waals surface area contributed by atoms with Crippen LogP contribution in [-0.4, -0.2) is 34.1 Å². The highest BCUT2D eigenvalue weighted by molar-refractivity contribution is 5.94. The van der Waals surface area contributed by atoms with E-state index in [1.165, 1.54) is 6.20 Å². The van der Waals surface area contributed by atoms with E-state index in [0.717, 1.165) is 31.2 Å². The van der Waals surface area contributed by atoms with Crippen LogP contribution in [0.4, 0.5) is 0 Å². The average molecular weight is 364 g/mol. The third kappa shape index (κ3) is 3.79. The summed E-state index contributed by atoms with van der Waals surface area (Å²) in [6, 6.07) is 7.91. The topological polar surface area (TPSA) is 86.9 Å². The van der Waals surface area contributed by atoms with E-state index >= 15 is 0 Å². The quantitative estimate of drug-likeness (QED) is 0.762. The van der Waals surface area contributed by atoms with Gasteiger partial charge >= 0.3 is 0 Å². The summed E-state index contributed by atoms with van der Waals surface area (Å²) in [4.78, 5) is 24.6. The van der Waals surface area contributed by atoms with E-state index < -0.39 is 0 Å². The number of amides is 2. The number of H-pyrrole nitrogens is 1. The van der Waals surface area contributed by atoms with Crippen LogP contribution in [0.3, 0.4) is 0 Å². The Hall–Kier alpha value is -2.89. The normalized spacial score (nSPS) is 26.4. The minimum Gasteiger partial charge on any atom is -0.349 e. The van der Waals surface area contributed by atoms with Gasteiger partial charge < -0.3 is 10.6 Å². The molecule has 4 rings (SSSR count). The molecular weight excluding hydrogens is 340 g/mol. The van der Waals surface area contributed by atoms with E-state index in [1.54, 1.807) is 12.3 Å². The van der Waals surface area contributed by atoms with E-state index in [0.29, 0.717) is 23.0 Å². The number of hydrogen-bond acceptors (Lipinski definition) is 3. The number of nitrogens with zero attached hydrogens (tertiary/aromatic N) is 1. The summed E-state index contributed by atoms with van der Waals surface area (Å²) in [5, 5.41) is 12.8. The van der Waals surface area contributed by atoms with Crippen molar-refractivity contribution < 1.29 is 9.59 Å². The second kappa shape index (κ2) is 7.39. The van der Waals surface area contributed by atoms with E-state index in [2.05, 4.69) is 27.4 Å². The summed E-state index contributed by atoms with van der Waals surface area (Å²) in [5.41, 5.74) is 2.26. The lowest BCUT2D eigenvalue weighted by atomic mass is 10.0.